The SMILES string of the molecule is CC(C)c1nnc([C@@H](C)NC(=O)Cc2noc3ccccc23)o1. The summed E-state index contributed by atoms with van der Waals surface area (Å²) in [5, 5.41) is 15.6. The highest BCUT2D eigenvalue weighted by atomic mass is 16.5. The summed E-state index contributed by atoms with van der Waals surface area (Å²) in [6, 6.07) is 7.08. The average molecular weight is 314 g/mol. The Hall–Kier alpha value is -2.70. The number of para-hydroxylation sites is 1. The molecule has 0 aliphatic carbocycles. The fourth-order valence-corrected chi connectivity index (χ4v) is 2.23. The minimum Gasteiger partial charge on any atom is -0.423 e. The zero-order valence-electron chi connectivity index (χ0n) is 13.2. The van der Waals surface area contributed by atoms with E-state index in [1.165, 1.54) is 0 Å². The van der Waals surface area contributed by atoms with Crippen LogP contribution in [-0.4, -0.2) is 21.3 Å². The number of fused-ring (bicyclic) bond motifs is 1. The Bertz CT molecular complexity index is 821. The van der Waals surface area contributed by atoms with Gasteiger partial charge in [-0.1, -0.05) is 31.1 Å². The molecule has 0 aliphatic rings. The molecule has 0 saturated heterocycles. The third-order valence-corrected chi connectivity index (χ3v) is 3.48. The summed E-state index contributed by atoms with van der Waals surface area (Å²) in [7, 11) is 0. The molecule has 0 spiro atoms. The van der Waals surface area contributed by atoms with Crippen LogP contribution in [0.25, 0.3) is 11.0 Å². The highest BCUT2D eigenvalue weighted by molar-refractivity contribution is 5.86. The van der Waals surface area contributed by atoms with Crippen molar-refractivity contribution in [3.05, 3.63) is 41.7 Å². The van der Waals surface area contributed by atoms with E-state index in [1.807, 2.05) is 38.1 Å². The Balaban J connectivity index is 1.66. The molecule has 2 aromatic heterocycles. The summed E-state index contributed by atoms with van der Waals surface area (Å²) in [5.74, 6) is 0.928. The number of hydrogen-bond donors (Lipinski definition) is 1. The number of nitrogens with zero attached hydrogens (tertiary/aromatic N) is 3. The topological polar surface area (TPSA) is 94.1 Å². The Morgan fingerprint density at radius 1 is 1.17 bits per heavy atom. The van der Waals surface area contributed by atoms with E-state index in [0.717, 1.165) is 5.39 Å². The average Bonchev–Trinajstić information content (AvgIpc) is 3.15. The third-order valence-electron chi connectivity index (χ3n) is 3.48. The summed E-state index contributed by atoms with van der Waals surface area (Å²) >= 11 is 0. The van der Waals surface area contributed by atoms with Crippen molar-refractivity contribution in [3.63, 3.8) is 0 Å². The van der Waals surface area contributed by atoms with Gasteiger partial charge in [0.15, 0.2) is 5.58 Å². The van der Waals surface area contributed by atoms with Gasteiger partial charge in [-0.2, -0.15) is 0 Å². The Morgan fingerprint density at radius 3 is 2.65 bits per heavy atom. The molecular formula is C16H18N4O3. The molecule has 0 fully saturated rings. The maximum Gasteiger partial charge on any atom is 0.238 e. The van der Waals surface area contributed by atoms with Gasteiger partial charge in [0, 0.05) is 11.3 Å². The quantitative estimate of drug-likeness (QED) is 0.778. The summed E-state index contributed by atoms with van der Waals surface area (Å²) in [6.45, 7) is 5.74. The Labute approximate surface area is 133 Å². The summed E-state index contributed by atoms with van der Waals surface area (Å²) in [5.41, 5.74) is 1.28. The predicted octanol–water partition coefficient (Wildman–Crippen LogP) is 2.75. The molecule has 0 bridgehead atoms. The van der Waals surface area contributed by atoms with Crippen molar-refractivity contribution >= 4 is 16.9 Å². The molecule has 7 heteroatoms. The number of benzene rings is 1. The number of nitrogens with one attached hydrogen (secondary N) is 1. The number of hydrogen-bond acceptors (Lipinski definition) is 6. The van der Waals surface area contributed by atoms with Crippen molar-refractivity contribution in [2.75, 3.05) is 0 Å². The fourth-order valence-electron chi connectivity index (χ4n) is 2.23. The van der Waals surface area contributed by atoms with Gasteiger partial charge in [0.1, 0.15) is 11.7 Å². The second-order valence-corrected chi connectivity index (χ2v) is 5.72. The third kappa shape index (κ3) is 3.23. The van der Waals surface area contributed by atoms with Gasteiger partial charge in [-0.15, -0.1) is 10.2 Å². The molecule has 1 amide bonds. The largest absolute Gasteiger partial charge is 0.423 e. The summed E-state index contributed by atoms with van der Waals surface area (Å²) < 4.78 is 10.7. The molecule has 1 aromatic carbocycles. The molecule has 120 valence electrons. The maximum atomic E-state index is 12.2. The summed E-state index contributed by atoms with van der Waals surface area (Å²) in [6.07, 6.45) is 0.131. The van der Waals surface area contributed by atoms with Crippen molar-refractivity contribution in [2.45, 2.75) is 39.2 Å². The molecule has 0 saturated carbocycles. The van der Waals surface area contributed by atoms with Crippen LogP contribution in [0.4, 0.5) is 0 Å². The van der Waals surface area contributed by atoms with E-state index in [-0.39, 0.29) is 24.3 Å². The molecule has 2 heterocycles. The van der Waals surface area contributed by atoms with Gasteiger partial charge in [-0.25, -0.2) is 0 Å². The van der Waals surface area contributed by atoms with E-state index in [2.05, 4.69) is 20.7 Å². The Morgan fingerprint density at radius 2 is 1.91 bits per heavy atom. The second kappa shape index (κ2) is 6.20. The van der Waals surface area contributed by atoms with Gasteiger partial charge in [0.2, 0.25) is 17.7 Å². The zero-order chi connectivity index (χ0) is 16.4. The molecule has 7 nitrogen and oxygen atoms in total. The van der Waals surface area contributed by atoms with Crippen LogP contribution < -0.4 is 5.32 Å². The normalized spacial score (nSPS) is 12.7. The fraction of sp³-hybridized carbons (Fsp3) is 0.375. The lowest BCUT2D eigenvalue weighted by Crippen LogP contribution is -2.28. The van der Waals surface area contributed by atoms with Crippen LogP contribution in [0, 0.1) is 0 Å². The van der Waals surface area contributed by atoms with Gasteiger partial charge in [0.25, 0.3) is 0 Å². The van der Waals surface area contributed by atoms with Crippen LogP contribution in [0.2, 0.25) is 0 Å². The van der Waals surface area contributed by atoms with Crippen LogP contribution in [0.15, 0.2) is 33.2 Å². The van der Waals surface area contributed by atoms with Crippen LogP contribution >= 0.6 is 0 Å². The van der Waals surface area contributed by atoms with Gasteiger partial charge in [-0.3, -0.25) is 4.79 Å². The molecule has 0 unspecified atom stereocenters. The summed E-state index contributed by atoms with van der Waals surface area (Å²) in [4.78, 5) is 12.2. The molecule has 1 atom stereocenters. The van der Waals surface area contributed by atoms with E-state index in [0.29, 0.717) is 23.1 Å². The minimum atomic E-state index is -0.360. The maximum absolute atomic E-state index is 12.2. The standard InChI is InChI=1S/C16H18N4O3/c1-9(2)15-18-19-16(22-15)10(3)17-14(21)8-12-11-6-4-5-7-13(11)23-20-12/h4-7,9-10H,8H2,1-3H3,(H,17,21)/t10-/m1/s1. The van der Waals surface area contributed by atoms with Crippen molar-refractivity contribution in [3.8, 4) is 0 Å². The lowest BCUT2D eigenvalue weighted by atomic mass is 10.1. The van der Waals surface area contributed by atoms with Crippen LogP contribution in [0.1, 0.15) is 50.2 Å². The first-order valence-corrected chi connectivity index (χ1v) is 7.50. The highest BCUT2D eigenvalue weighted by Gasteiger charge is 2.19. The van der Waals surface area contributed by atoms with Crippen molar-refractivity contribution in [1.29, 1.82) is 0 Å². The first-order valence-electron chi connectivity index (χ1n) is 7.50. The van der Waals surface area contributed by atoms with Crippen LogP contribution in [-0.2, 0) is 11.2 Å². The first-order chi connectivity index (χ1) is 11.0. The van der Waals surface area contributed by atoms with Crippen molar-refractivity contribution < 1.29 is 13.7 Å². The zero-order valence-corrected chi connectivity index (χ0v) is 13.2. The lowest BCUT2D eigenvalue weighted by Gasteiger charge is -2.09. The number of carbonyl (C=O) groups is 1. The van der Waals surface area contributed by atoms with Gasteiger partial charge in [0.05, 0.1) is 6.42 Å². The molecule has 3 aromatic rings. The molecule has 23 heavy (non-hydrogen) atoms. The van der Waals surface area contributed by atoms with Crippen LogP contribution in [0.3, 0.4) is 0 Å². The van der Waals surface area contributed by atoms with Gasteiger partial charge >= 0.3 is 0 Å². The van der Waals surface area contributed by atoms with E-state index in [1.54, 1.807) is 6.92 Å². The Kier molecular flexibility index (Phi) is 4.10. The number of rotatable bonds is 5. The van der Waals surface area contributed by atoms with Gasteiger partial charge in [-0.05, 0) is 19.1 Å². The molecule has 3 rings (SSSR count). The second-order valence-electron chi connectivity index (χ2n) is 5.72. The smallest absolute Gasteiger partial charge is 0.238 e. The minimum absolute atomic E-state index is 0.131. The number of carbonyl (C=O) groups excluding carboxylic acids is 1. The van der Waals surface area contributed by atoms with E-state index in [4.69, 9.17) is 8.94 Å². The number of aromatic nitrogens is 3. The van der Waals surface area contributed by atoms with E-state index in [9.17, 15) is 4.79 Å². The molecule has 0 aliphatic heterocycles. The molecule has 1 N–H and O–H groups in total. The van der Waals surface area contributed by atoms with Crippen molar-refractivity contribution in [1.82, 2.24) is 20.7 Å². The monoisotopic (exact) mass is 314 g/mol. The van der Waals surface area contributed by atoms with Crippen LogP contribution in [0.5, 0.6) is 0 Å². The molecule has 0 radical (unpaired) electrons. The molecular weight excluding hydrogens is 296 g/mol. The first kappa shape index (κ1) is 15.2. The van der Waals surface area contributed by atoms with E-state index < -0.39 is 0 Å². The van der Waals surface area contributed by atoms with E-state index >= 15 is 0 Å². The lowest BCUT2D eigenvalue weighted by molar-refractivity contribution is -0.121. The highest BCUT2D eigenvalue weighted by Crippen LogP contribution is 2.19. The van der Waals surface area contributed by atoms with Gasteiger partial charge < -0.3 is 14.3 Å². The predicted molar refractivity (Wildman–Crippen MR) is 82.7 cm³/mol. The van der Waals surface area contributed by atoms with Crippen molar-refractivity contribution in [2.24, 2.45) is 0 Å². The number of amides is 1.